The van der Waals surface area contributed by atoms with Crippen LogP contribution in [0, 0.1) is 0 Å². The van der Waals surface area contributed by atoms with Crippen molar-refractivity contribution in [2.75, 3.05) is 13.6 Å². The molecule has 3 nitrogen and oxygen atoms in total. The van der Waals surface area contributed by atoms with E-state index < -0.39 is 5.79 Å². The van der Waals surface area contributed by atoms with Gasteiger partial charge in [0.25, 0.3) is 0 Å². The maximum absolute atomic E-state index is 11.1. The van der Waals surface area contributed by atoms with Gasteiger partial charge in [-0.2, -0.15) is 0 Å². The lowest BCUT2D eigenvalue weighted by Gasteiger charge is -2.30. The van der Waals surface area contributed by atoms with Gasteiger partial charge in [0.2, 0.25) is 5.79 Å². The first kappa shape index (κ1) is 15.0. The van der Waals surface area contributed by atoms with Crippen LogP contribution in [-0.2, 0) is 5.79 Å². The zero-order chi connectivity index (χ0) is 15.4. The minimum Gasteiger partial charge on any atom is -0.457 e. The summed E-state index contributed by atoms with van der Waals surface area (Å²) in [5, 5.41) is 17.2. The van der Waals surface area contributed by atoms with E-state index in [0.717, 1.165) is 15.6 Å². The summed E-state index contributed by atoms with van der Waals surface area (Å²) in [4.78, 5) is 0. The van der Waals surface area contributed by atoms with E-state index in [0.29, 0.717) is 18.7 Å². The van der Waals surface area contributed by atoms with Gasteiger partial charge >= 0.3 is 0 Å². The van der Waals surface area contributed by atoms with Crippen molar-refractivity contribution in [3.63, 3.8) is 0 Å². The average molecular weight is 313 g/mol. The summed E-state index contributed by atoms with van der Waals surface area (Å²) in [6, 6.07) is 17.5. The highest BCUT2D eigenvalue weighted by molar-refractivity contribution is 7.17. The molecule has 2 N–H and O–H groups in total. The van der Waals surface area contributed by atoms with Gasteiger partial charge in [-0.25, -0.2) is 0 Å². The Hall–Kier alpha value is -1.88. The fraction of sp³-hybridized carbons (Fsp3) is 0.222. The zero-order valence-corrected chi connectivity index (χ0v) is 13.3. The summed E-state index contributed by atoms with van der Waals surface area (Å²) in [5.41, 5.74) is 0.762. The van der Waals surface area contributed by atoms with E-state index in [1.165, 1.54) is 0 Å². The van der Waals surface area contributed by atoms with Crippen molar-refractivity contribution < 1.29 is 9.84 Å². The smallest absolute Gasteiger partial charge is 0.236 e. The Bertz CT molecular complexity index is 741. The maximum atomic E-state index is 11.1. The summed E-state index contributed by atoms with van der Waals surface area (Å²) in [6.45, 7) is 0.658. The fourth-order valence-electron chi connectivity index (χ4n) is 2.48. The molecule has 0 bridgehead atoms. The van der Waals surface area contributed by atoms with Crippen LogP contribution in [0.15, 0.2) is 60.0 Å². The molecule has 1 atom stereocenters. The highest BCUT2D eigenvalue weighted by Gasteiger charge is 2.31. The number of thiophene rings is 1. The van der Waals surface area contributed by atoms with Crippen LogP contribution < -0.4 is 10.1 Å². The number of ether oxygens (including phenoxy) is 1. The molecule has 0 radical (unpaired) electrons. The van der Waals surface area contributed by atoms with E-state index >= 15 is 0 Å². The monoisotopic (exact) mass is 313 g/mol. The van der Waals surface area contributed by atoms with E-state index in [2.05, 4.69) is 11.4 Å². The number of fused-ring (bicyclic) bond motifs is 1. The third-order valence-corrected chi connectivity index (χ3v) is 4.56. The largest absolute Gasteiger partial charge is 0.457 e. The number of aliphatic hydroxyl groups is 1. The molecule has 0 spiro atoms. The number of hydrogen-bond donors (Lipinski definition) is 2. The third kappa shape index (κ3) is 2.99. The van der Waals surface area contributed by atoms with Crippen molar-refractivity contribution in [3.8, 4) is 5.75 Å². The molecule has 3 rings (SSSR count). The number of rotatable bonds is 6. The second-order valence-corrected chi connectivity index (χ2v) is 6.14. The molecule has 4 heteroatoms. The Labute approximate surface area is 134 Å². The van der Waals surface area contributed by atoms with Crippen molar-refractivity contribution in [1.82, 2.24) is 5.32 Å². The molecule has 0 aliphatic carbocycles. The van der Waals surface area contributed by atoms with Crippen LogP contribution in [0.4, 0.5) is 0 Å². The summed E-state index contributed by atoms with van der Waals surface area (Å²) in [6.07, 6.45) is 0.466. The molecule has 2 aromatic carbocycles. The van der Waals surface area contributed by atoms with E-state index in [9.17, 15) is 5.11 Å². The Kier molecular flexibility index (Phi) is 4.43. The summed E-state index contributed by atoms with van der Waals surface area (Å²) in [7, 11) is 1.87. The van der Waals surface area contributed by atoms with Crippen LogP contribution in [0.2, 0.25) is 0 Å². The minimum absolute atomic E-state index is 0.466. The van der Waals surface area contributed by atoms with Crippen LogP contribution in [0.5, 0.6) is 5.75 Å². The molecule has 0 saturated carbocycles. The summed E-state index contributed by atoms with van der Waals surface area (Å²) in [5.74, 6) is -0.637. The highest BCUT2D eigenvalue weighted by Crippen LogP contribution is 2.35. The minimum atomic E-state index is -1.35. The maximum Gasteiger partial charge on any atom is 0.236 e. The van der Waals surface area contributed by atoms with Crippen LogP contribution in [0.1, 0.15) is 12.0 Å². The number of nitrogens with one attached hydrogen (secondary N) is 1. The van der Waals surface area contributed by atoms with Gasteiger partial charge in [0.15, 0.2) is 0 Å². The molecule has 0 aliphatic rings. The standard InChI is InChI=1S/C18H19NO2S/c1-19-12-11-18(20,14-6-3-2-4-7-14)21-16-8-5-9-17-15(16)10-13-22-17/h2-10,13,19-20H,11-12H2,1H3/t18-/m1/s1. The molecule has 1 heterocycles. The molecule has 0 amide bonds. The van der Waals surface area contributed by atoms with Gasteiger partial charge in [-0.15, -0.1) is 11.3 Å². The van der Waals surface area contributed by atoms with E-state index in [1.807, 2.05) is 61.0 Å². The predicted octanol–water partition coefficient (Wildman–Crippen LogP) is 3.73. The van der Waals surface area contributed by atoms with Crippen molar-refractivity contribution in [2.45, 2.75) is 12.2 Å². The highest BCUT2D eigenvalue weighted by atomic mass is 32.1. The molecule has 3 aromatic rings. The lowest BCUT2D eigenvalue weighted by Crippen LogP contribution is -2.36. The van der Waals surface area contributed by atoms with Crippen LogP contribution in [0.3, 0.4) is 0 Å². The second kappa shape index (κ2) is 6.48. The molecule has 1 aromatic heterocycles. The van der Waals surface area contributed by atoms with Crippen molar-refractivity contribution in [3.05, 3.63) is 65.5 Å². The average Bonchev–Trinajstić information content (AvgIpc) is 3.04. The molecule has 22 heavy (non-hydrogen) atoms. The normalized spacial score (nSPS) is 13.9. The van der Waals surface area contributed by atoms with Crippen molar-refractivity contribution >= 4 is 21.4 Å². The van der Waals surface area contributed by atoms with E-state index in [1.54, 1.807) is 11.3 Å². The van der Waals surface area contributed by atoms with E-state index in [4.69, 9.17) is 4.74 Å². The second-order valence-electron chi connectivity index (χ2n) is 5.19. The third-order valence-electron chi connectivity index (χ3n) is 3.67. The lowest BCUT2D eigenvalue weighted by molar-refractivity contribution is -0.149. The van der Waals surface area contributed by atoms with Crippen molar-refractivity contribution in [1.29, 1.82) is 0 Å². The van der Waals surface area contributed by atoms with Gasteiger partial charge < -0.3 is 15.2 Å². The quantitative estimate of drug-likeness (QED) is 0.681. The zero-order valence-electron chi connectivity index (χ0n) is 12.5. The fourth-order valence-corrected chi connectivity index (χ4v) is 3.29. The Morgan fingerprint density at radius 3 is 2.68 bits per heavy atom. The van der Waals surface area contributed by atoms with Gasteiger partial charge in [0.05, 0.1) is 0 Å². The van der Waals surface area contributed by atoms with Gasteiger partial charge in [0, 0.05) is 28.6 Å². The van der Waals surface area contributed by atoms with Crippen LogP contribution >= 0.6 is 11.3 Å². The van der Waals surface area contributed by atoms with Crippen molar-refractivity contribution in [2.24, 2.45) is 0 Å². The first-order valence-electron chi connectivity index (χ1n) is 7.31. The molecular formula is C18H19NO2S. The first-order valence-corrected chi connectivity index (χ1v) is 8.19. The number of benzene rings is 2. The van der Waals surface area contributed by atoms with Gasteiger partial charge in [-0.05, 0) is 30.6 Å². The molecule has 0 aliphatic heterocycles. The number of hydrogen-bond acceptors (Lipinski definition) is 4. The van der Waals surface area contributed by atoms with Gasteiger partial charge in [-0.1, -0.05) is 36.4 Å². The SMILES string of the molecule is CNCC[C@@](O)(Oc1cccc2sccc12)c1ccccc1. The molecule has 0 saturated heterocycles. The summed E-state index contributed by atoms with van der Waals surface area (Å²) >= 11 is 1.67. The predicted molar refractivity (Wildman–Crippen MR) is 91.3 cm³/mol. The van der Waals surface area contributed by atoms with Gasteiger partial charge in [0.1, 0.15) is 5.75 Å². The van der Waals surface area contributed by atoms with E-state index in [-0.39, 0.29) is 0 Å². The molecule has 0 fully saturated rings. The van der Waals surface area contributed by atoms with Crippen LogP contribution in [-0.4, -0.2) is 18.7 Å². The van der Waals surface area contributed by atoms with Crippen LogP contribution in [0.25, 0.3) is 10.1 Å². The molecular weight excluding hydrogens is 294 g/mol. The Morgan fingerprint density at radius 2 is 1.91 bits per heavy atom. The van der Waals surface area contributed by atoms with Gasteiger partial charge in [-0.3, -0.25) is 0 Å². The Balaban J connectivity index is 1.98. The topological polar surface area (TPSA) is 41.5 Å². The first-order chi connectivity index (χ1) is 10.7. The Morgan fingerprint density at radius 1 is 1.09 bits per heavy atom. The molecule has 0 unspecified atom stereocenters. The molecule has 114 valence electrons. The summed E-state index contributed by atoms with van der Waals surface area (Å²) < 4.78 is 7.24. The lowest BCUT2D eigenvalue weighted by atomic mass is 10.0.